The maximum atomic E-state index is 12.7. The highest BCUT2D eigenvalue weighted by Gasteiger charge is 2.26. The molecule has 1 aliphatic rings. The summed E-state index contributed by atoms with van der Waals surface area (Å²) in [6.45, 7) is 7.66. The molecule has 0 saturated carbocycles. The number of hydrogen-bond acceptors (Lipinski definition) is 4. The first kappa shape index (κ1) is 18.5. The number of carbonyl (C=O) groups is 1. The summed E-state index contributed by atoms with van der Waals surface area (Å²) in [4.78, 5) is 19.1. The van der Waals surface area contributed by atoms with E-state index in [0.29, 0.717) is 31.0 Å². The number of ether oxygens (including phenoxy) is 2. The fraction of sp³-hybridized carbons (Fsp3) is 0.364. The van der Waals surface area contributed by atoms with Crippen molar-refractivity contribution in [2.24, 2.45) is 0 Å². The van der Waals surface area contributed by atoms with Crippen molar-refractivity contribution in [1.82, 2.24) is 14.3 Å². The molecule has 0 aliphatic carbocycles. The monoisotopic (exact) mass is 379 g/mol. The van der Waals surface area contributed by atoms with Crippen molar-refractivity contribution in [3.05, 3.63) is 65.6 Å². The average molecular weight is 379 g/mol. The number of carbonyl (C=O) groups excluding carboxylic acids is 1. The summed E-state index contributed by atoms with van der Waals surface area (Å²) in [6, 6.07) is 11.3. The Hall–Kier alpha value is -2.86. The Morgan fingerprint density at radius 2 is 1.82 bits per heavy atom. The summed E-state index contributed by atoms with van der Waals surface area (Å²) in [5.74, 6) is 0.748. The van der Waals surface area contributed by atoms with Crippen LogP contribution in [-0.2, 0) is 11.3 Å². The number of fused-ring (bicyclic) bond motifs is 1. The van der Waals surface area contributed by atoms with E-state index in [0.717, 1.165) is 11.3 Å². The number of imidazole rings is 1. The number of aryl methyl sites for hydroxylation is 1. The largest absolute Gasteiger partial charge is 0.487 e. The van der Waals surface area contributed by atoms with Crippen molar-refractivity contribution in [1.29, 1.82) is 0 Å². The van der Waals surface area contributed by atoms with E-state index in [4.69, 9.17) is 9.47 Å². The van der Waals surface area contributed by atoms with Gasteiger partial charge in [0, 0.05) is 31.0 Å². The highest BCUT2D eigenvalue weighted by Crippen LogP contribution is 2.18. The standard InChI is InChI=1S/C22H25N3O3/c1-15-4-9-21-23-19(13-24(21)10-15)14-27-20-7-5-18(6-8-20)22(26)25-11-16(2)28-17(3)12-25/h4-10,13,16-17H,11-12,14H2,1-3H3. The van der Waals surface area contributed by atoms with Crippen molar-refractivity contribution < 1.29 is 14.3 Å². The third kappa shape index (κ3) is 4.02. The minimum Gasteiger partial charge on any atom is -0.487 e. The second kappa shape index (κ2) is 7.64. The van der Waals surface area contributed by atoms with Crippen LogP contribution in [0.5, 0.6) is 5.75 Å². The van der Waals surface area contributed by atoms with Crippen LogP contribution in [0.15, 0.2) is 48.8 Å². The number of pyridine rings is 1. The van der Waals surface area contributed by atoms with Crippen molar-refractivity contribution in [2.75, 3.05) is 13.1 Å². The van der Waals surface area contributed by atoms with Gasteiger partial charge in [-0.1, -0.05) is 6.07 Å². The highest BCUT2D eigenvalue weighted by atomic mass is 16.5. The van der Waals surface area contributed by atoms with E-state index in [2.05, 4.69) is 11.9 Å². The van der Waals surface area contributed by atoms with Crippen LogP contribution < -0.4 is 4.74 Å². The summed E-state index contributed by atoms with van der Waals surface area (Å²) >= 11 is 0. The minimum absolute atomic E-state index is 0.0317. The van der Waals surface area contributed by atoms with Crippen LogP contribution in [0.3, 0.4) is 0 Å². The van der Waals surface area contributed by atoms with Crippen LogP contribution in [0.1, 0.15) is 35.5 Å². The maximum Gasteiger partial charge on any atom is 0.254 e. The molecule has 1 saturated heterocycles. The van der Waals surface area contributed by atoms with Crippen molar-refractivity contribution >= 4 is 11.6 Å². The normalized spacial score (nSPS) is 19.8. The fourth-order valence-electron chi connectivity index (χ4n) is 3.60. The minimum atomic E-state index is 0.0317. The van der Waals surface area contributed by atoms with Crippen molar-refractivity contribution in [2.45, 2.75) is 39.6 Å². The Morgan fingerprint density at radius 3 is 2.54 bits per heavy atom. The van der Waals surface area contributed by atoms with E-state index in [1.807, 2.05) is 71.9 Å². The van der Waals surface area contributed by atoms with Gasteiger partial charge in [-0.25, -0.2) is 4.98 Å². The van der Waals surface area contributed by atoms with Crippen molar-refractivity contribution in [3.63, 3.8) is 0 Å². The maximum absolute atomic E-state index is 12.7. The molecule has 0 bridgehead atoms. The zero-order valence-electron chi connectivity index (χ0n) is 16.5. The lowest BCUT2D eigenvalue weighted by Crippen LogP contribution is -2.48. The van der Waals surface area contributed by atoms with Crippen molar-refractivity contribution in [3.8, 4) is 5.75 Å². The van der Waals surface area contributed by atoms with E-state index in [1.54, 1.807) is 0 Å². The molecule has 1 aromatic carbocycles. The van der Waals surface area contributed by atoms with Gasteiger partial charge in [0.25, 0.3) is 5.91 Å². The lowest BCUT2D eigenvalue weighted by molar-refractivity contribution is -0.0586. The zero-order chi connectivity index (χ0) is 19.7. The Morgan fingerprint density at radius 1 is 1.11 bits per heavy atom. The number of benzene rings is 1. The van der Waals surface area contributed by atoms with E-state index in [1.165, 1.54) is 5.56 Å². The van der Waals surface area contributed by atoms with Gasteiger partial charge in [0.15, 0.2) is 0 Å². The number of nitrogens with zero attached hydrogens (tertiary/aromatic N) is 3. The molecular weight excluding hydrogens is 354 g/mol. The number of amides is 1. The quantitative estimate of drug-likeness (QED) is 0.697. The molecule has 0 spiro atoms. The van der Waals surface area contributed by atoms with Crippen LogP contribution in [0.2, 0.25) is 0 Å². The van der Waals surface area contributed by atoms with Gasteiger partial charge >= 0.3 is 0 Å². The van der Waals surface area contributed by atoms with E-state index >= 15 is 0 Å². The molecule has 0 radical (unpaired) electrons. The summed E-state index contributed by atoms with van der Waals surface area (Å²) in [5, 5.41) is 0. The van der Waals surface area contributed by atoms with Gasteiger partial charge in [-0.3, -0.25) is 4.79 Å². The van der Waals surface area contributed by atoms with E-state index < -0.39 is 0 Å². The molecule has 6 heteroatoms. The van der Waals surface area contributed by atoms with Crippen LogP contribution >= 0.6 is 0 Å². The third-order valence-electron chi connectivity index (χ3n) is 4.84. The molecule has 3 heterocycles. The number of hydrogen-bond donors (Lipinski definition) is 0. The molecule has 2 unspecified atom stereocenters. The Balaban J connectivity index is 1.39. The smallest absolute Gasteiger partial charge is 0.254 e. The predicted molar refractivity (Wildman–Crippen MR) is 107 cm³/mol. The van der Waals surface area contributed by atoms with Crippen LogP contribution in [0.4, 0.5) is 0 Å². The van der Waals surface area contributed by atoms with Gasteiger partial charge in [-0.05, 0) is 56.7 Å². The molecular formula is C22H25N3O3. The molecule has 1 amide bonds. The second-order valence-electron chi connectivity index (χ2n) is 7.48. The number of rotatable bonds is 4. The lowest BCUT2D eigenvalue weighted by atomic mass is 10.1. The molecule has 1 aliphatic heterocycles. The Bertz CT molecular complexity index is 970. The first-order valence-corrected chi connectivity index (χ1v) is 9.60. The van der Waals surface area contributed by atoms with Gasteiger partial charge in [0.1, 0.15) is 18.0 Å². The molecule has 4 rings (SSSR count). The van der Waals surface area contributed by atoms with Gasteiger partial charge < -0.3 is 18.8 Å². The summed E-state index contributed by atoms with van der Waals surface area (Å²) < 4.78 is 13.5. The topological polar surface area (TPSA) is 56.1 Å². The average Bonchev–Trinajstić information content (AvgIpc) is 3.07. The van der Waals surface area contributed by atoms with Gasteiger partial charge in [0.2, 0.25) is 0 Å². The number of aromatic nitrogens is 2. The van der Waals surface area contributed by atoms with Crippen LogP contribution in [0.25, 0.3) is 5.65 Å². The van der Waals surface area contributed by atoms with Gasteiger partial charge in [0.05, 0.1) is 17.9 Å². The Labute approximate surface area is 164 Å². The second-order valence-corrected chi connectivity index (χ2v) is 7.48. The summed E-state index contributed by atoms with van der Waals surface area (Å²) in [7, 11) is 0. The first-order chi connectivity index (χ1) is 13.5. The molecule has 1 fully saturated rings. The van der Waals surface area contributed by atoms with Gasteiger partial charge in [-0.15, -0.1) is 0 Å². The summed E-state index contributed by atoms with van der Waals surface area (Å²) in [6.07, 6.45) is 4.13. The molecule has 6 nitrogen and oxygen atoms in total. The van der Waals surface area contributed by atoms with Crippen LogP contribution in [0, 0.1) is 6.92 Å². The van der Waals surface area contributed by atoms with Crippen LogP contribution in [-0.4, -0.2) is 45.5 Å². The lowest BCUT2D eigenvalue weighted by Gasteiger charge is -2.35. The molecule has 3 aromatic rings. The van der Waals surface area contributed by atoms with E-state index in [-0.39, 0.29) is 18.1 Å². The highest BCUT2D eigenvalue weighted by molar-refractivity contribution is 5.94. The summed E-state index contributed by atoms with van der Waals surface area (Å²) in [5.41, 5.74) is 3.61. The van der Waals surface area contributed by atoms with E-state index in [9.17, 15) is 4.79 Å². The third-order valence-corrected chi connectivity index (χ3v) is 4.84. The fourth-order valence-corrected chi connectivity index (χ4v) is 3.60. The first-order valence-electron chi connectivity index (χ1n) is 9.60. The molecule has 2 atom stereocenters. The molecule has 146 valence electrons. The molecule has 2 aromatic heterocycles. The molecule has 0 N–H and O–H groups in total. The SMILES string of the molecule is Cc1ccc2nc(COc3ccc(C(=O)N4CC(C)OC(C)C4)cc3)cn2c1. The zero-order valence-corrected chi connectivity index (χ0v) is 16.5. The van der Waals surface area contributed by atoms with Gasteiger partial charge in [-0.2, -0.15) is 0 Å². The predicted octanol–water partition coefficient (Wildman–Crippen LogP) is 3.47. The number of morpholine rings is 1. The molecule has 28 heavy (non-hydrogen) atoms. The Kier molecular flexibility index (Phi) is 5.05.